The van der Waals surface area contributed by atoms with Gasteiger partial charge in [0.2, 0.25) is 0 Å². The highest BCUT2D eigenvalue weighted by Crippen LogP contribution is 2.28. The number of benzene rings is 2. The number of hydrogen-bond acceptors (Lipinski definition) is 4. The molecule has 0 bridgehead atoms. The van der Waals surface area contributed by atoms with Gasteiger partial charge in [-0.1, -0.05) is 0 Å². The van der Waals surface area contributed by atoms with Crippen LogP contribution in [0.4, 0.5) is 15.8 Å². The minimum absolute atomic E-state index is 0.148. The topological polar surface area (TPSA) is 71.1 Å². The second kappa shape index (κ2) is 6.46. The van der Waals surface area contributed by atoms with Crippen LogP contribution in [0.15, 0.2) is 34.8 Å². The summed E-state index contributed by atoms with van der Waals surface area (Å²) in [4.78, 5) is 0. The van der Waals surface area contributed by atoms with Gasteiger partial charge in [-0.2, -0.15) is 5.26 Å². The average Bonchev–Trinajstić information content (AvgIpc) is 2.49. The SMILES string of the molecule is COc1ccc(N)cc1CNc1ccc(C#N)c(Br)c1F. The molecule has 3 N–H and O–H groups in total. The number of methoxy groups -OCH3 is 1. The minimum atomic E-state index is -0.503. The summed E-state index contributed by atoms with van der Waals surface area (Å²) >= 11 is 3.08. The van der Waals surface area contributed by atoms with Gasteiger partial charge in [0, 0.05) is 17.8 Å². The summed E-state index contributed by atoms with van der Waals surface area (Å²) in [6.45, 7) is 0.351. The number of nitriles is 1. The Morgan fingerprint density at radius 2 is 2.14 bits per heavy atom. The number of rotatable bonds is 4. The third-order valence-corrected chi connectivity index (χ3v) is 3.75. The van der Waals surface area contributed by atoms with Crippen molar-refractivity contribution < 1.29 is 9.13 Å². The van der Waals surface area contributed by atoms with Gasteiger partial charge < -0.3 is 15.8 Å². The first-order valence-electron chi connectivity index (χ1n) is 6.11. The van der Waals surface area contributed by atoms with Crippen LogP contribution in [0.2, 0.25) is 0 Å². The summed E-state index contributed by atoms with van der Waals surface area (Å²) in [5, 5.41) is 11.8. The van der Waals surface area contributed by atoms with E-state index in [-0.39, 0.29) is 10.0 Å². The average molecular weight is 350 g/mol. The molecule has 6 heteroatoms. The van der Waals surface area contributed by atoms with Crippen molar-refractivity contribution in [2.45, 2.75) is 6.54 Å². The van der Waals surface area contributed by atoms with Crippen LogP contribution in [0.1, 0.15) is 11.1 Å². The number of nitrogens with one attached hydrogen (secondary N) is 1. The molecule has 2 aromatic carbocycles. The fraction of sp³-hybridized carbons (Fsp3) is 0.133. The van der Waals surface area contributed by atoms with Crippen LogP contribution in [0.25, 0.3) is 0 Å². The Morgan fingerprint density at radius 3 is 2.81 bits per heavy atom. The van der Waals surface area contributed by atoms with Crippen molar-refractivity contribution in [3.05, 3.63) is 51.7 Å². The van der Waals surface area contributed by atoms with Crippen molar-refractivity contribution in [1.29, 1.82) is 5.26 Å². The van der Waals surface area contributed by atoms with Gasteiger partial charge >= 0.3 is 0 Å². The van der Waals surface area contributed by atoms with Gasteiger partial charge in [0.05, 0.1) is 22.8 Å². The number of ether oxygens (including phenoxy) is 1. The largest absolute Gasteiger partial charge is 0.496 e. The molecule has 0 saturated carbocycles. The number of nitrogens with zero attached hydrogens (tertiary/aromatic N) is 1. The predicted octanol–water partition coefficient (Wildman–Crippen LogP) is 3.66. The smallest absolute Gasteiger partial charge is 0.161 e. The van der Waals surface area contributed by atoms with Crippen molar-refractivity contribution in [3.8, 4) is 11.8 Å². The molecule has 4 nitrogen and oxygen atoms in total. The molecule has 0 unspecified atom stereocenters. The molecule has 2 rings (SSSR count). The third kappa shape index (κ3) is 3.26. The molecule has 0 heterocycles. The van der Waals surface area contributed by atoms with E-state index in [1.54, 1.807) is 31.4 Å². The molecule has 21 heavy (non-hydrogen) atoms. The molecule has 0 atom stereocenters. The maximum Gasteiger partial charge on any atom is 0.161 e. The van der Waals surface area contributed by atoms with Gasteiger partial charge in [0.25, 0.3) is 0 Å². The van der Waals surface area contributed by atoms with Crippen LogP contribution in [0.5, 0.6) is 5.75 Å². The number of halogens is 2. The molecule has 0 aliphatic rings. The fourth-order valence-corrected chi connectivity index (χ4v) is 2.33. The minimum Gasteiger partial charge on any atom is -0.496 e. The molecule has 0 aromatic heterocycles. The van der Waals surface area contributed by atoms with Crippen molar-refractivity contribution in [2.24, 2.45) is 0 Å². The van der Waals surface area contributed by atoms with E-state index >= 15 is 0 Å². The molecular weight excluding hydrogens is 337 g/mol. The lowest BCUT2D eigenvalue weighted by molar-refractivity contribution is 0.410. The molecular formula is C15H13BrFN3O. The molecule has 2 aromatic rings. The molecule has 0 amide bonds. The Balaban J connectivity index is 2.23. The second-order valence-electron chi connectivity index (χ2n) is 4.33. The van der Waals surface area contributed by atoms with Crippen molar-refractivity contribution in [2.75, 3.05) is 18.2 Å². The molecule has 108 valence electrons. The van der Waals surface area contributed by atoms with E-state index in [1.807, 2.05) is 6.07 Å². The number of hydrogen-bond donors (Lipinski definition) is 2. The van der Waals surface area contributed by atoms with E-state index in [9.17, 15) is 4.39 Å². The zero-order valence-corrected chi connectivity index (χ0v) is 12.9. The van der Waals surface area contributed by atoms with Crippen LogP contribution in [-0.4, -0.2) is 7.11 Å². The summed E-state index contributed by atoms with van der Waals surface area (Å²) < 4.78 is 19.5. The molecule has 0 saturated heterocycles. The maximum absolute atomic E-state index is 14.1. The van der Waals surface area contributed by atoms with Crippen LogP contribution in [0, 0.1) is 17.1 Å². The standard InChI is InChI=1S/C15H13BrFN3O/c1-21-13-5-3-11(19)6-10(13)8-20-12-4-2-9(7-18)14(16)15(12)17/h2-6,20H,8,19H2,1H3. The maximum atomic E-state index is 14.1. The van der Waals surface area contributed by atoms with E-state index < -0.39 is 5.82 Å². The molecule has 0 radical (unpaired) electrons. The Kier molecular flexibility index (Phi) is 4.66. The highest BCUT2D eigenvalue weighted by Gasteiger charge is 2.11. The van der Waals surface area contributed by atoms with Gasteiger partial charge in [-0.3, -0.25) is 0 Å². The van der Waals surface area contributed by atoms with E-state index in [2.05, 4.69) is 21.2 Å². The lowest BCUT2D eigenvalue weighted by Crippen LogP contribution is -2.05. The molecule has 0 fully saturated rings. The first kappa shape index (κ1) is 15.1. The van der Waals surface area contributed by atoms with Gasteiger partial charge in [-0.05, 0) is 46.3 Å². The fourth-order valence-electron chi connectivity index (χ4n) is 1.90. The number of anilines is 2. The van der Waals surface area contributed by atoms with Crippen molar-refractivity contribution >= 4 is 27.3 Å². The number of nitrogens with two attached hydrogens (primary N) is 1. The summed E-state index contributed by atoms with van der Waals surface area (Å²) in [6, 6.07) is 10.2. The Labute approximate surface area is 130 Å². The van der Waals surface area contributed by atoms with E-state index in [1.165, 1.54) is 6.07 Å². The Hall–Kier alpha value is -2.26. The zero-order chi connectivity index (χ0) is 15.4. The highest BCUT2D eigenvalue weighted by atomic mass is 79.9. The summed E-state index contributed by atoms with van der Waals surface area (Å²) in [5.74, 6) is 0.168. The van der Waals surface area contributed by atoms with E-state index in [0.717, 1.165) is 5.56 Å². The number of nitrogen functional groups attached to an aromatic ring is 1. The Morgan fingerprint density at radius 1 is 1.38 bits per heavy atom. The quantitative estimate of drug-likeness (QED) is 0.826. The van der Waals surface area contributed by atoms with Crippen molar-refractivity contribution in [1.82, 2.24) is 0 Å². The van der Waals surface area contributed by atoms with Crippen molar-refractivity contribution in [3.63, 3.8) is 0 Å². The summed E-state index contributed by atoms with van der Waals surface area (Å²) in [6.07, 6.45) is 0. The van der Waals surface area contributed by atoms with Crippen LogP contribution >= 0.6 is 15.9 Å². The lowest BCUT2D eigenvalue weighted by atomic mass is 10.1. The molecule has 0 aliphatic heterocycles. The monoisotopic (exact) mass is 349 g/mol. The van der Waals surface area contributed by atoms with Crippen LogP contribution in [-0.2, 0) is 6.54 Å². The highest BCUT2D eigenvalue weighted by molar-refractivity contribution is 9.10. The first-order chi connectivity index (χ1) is 10.1. The zero-order valence-electron chi connectivity index (χ0n) is 11.3. The predicted molar refractivity (Wildman–Crippen MR) is 83.5 cm³/mol. The second-order valence-corrected chi connectivity index (χ2v) is 5.12. The molecule has 0 aliphatic carbocycles. The first-order valence-corrected chi connectivity index (χ1v) is 6.90. The summed E-state index contributed by atoms with van der Waals surface area (Å²) in [5.41, 5.74) is 7.71. The van der Waals surface area contributed by atoms with E-state index in [0.29, 0.717) is 23.7 Å². The van der Waals surface area contributed by atoms with Gasteiger partial charge in [0.1, 0.15) is 11.8 Å². The normalized spacial score (nSPS) is 10.0. The third-order valence-electron chi connectivity index (χ3n) is 2.98. The molecule has 0 spiro atoms. The van der Waals surface area contributed by atoms with Gasteiger partial charge in [0.15, 0.2) is 5.82 Å². The van der Waals surface area contributed by atoms with Crippen LogP contribution in [0.3, 0.4) is 0 Å². The van der Waals surface area contributed by atoms with E-state index in [4.69, 9.17) is 15.7 Å². The van der Waals surface area contributed by atoms with Gasteiger partial charge in [-0.25, -0.2) is 4.39 Å². The van der Waals surface area contributed by atoms with Gasteiger partial charge in [-0.15, -0.1) is 0 Å². The van der Waals surface area contributed by atoms with Crippen LogP contribution < -0.4 is 15.8 Å². The summed E-state index contributed by atoms with van der Waals surface area (Å²) in [7, 11) is 1.56. The Bertz CT molecular complexity index is 713. The lowest BCUT2D eigenvalue weighted by Gasteiger charge is -2.12.